The van der Waals surface area contributed by atoms with Gasteiger partial charge in [-0.3, -0.25) is 4.79 Å². The topological polar surface area (TPSA) is 50.4 Å². The minimum Gasteiger partial charge on any atom is -0.378 e. The van der Waals surface area contributed by atoms with Gasteiger partial charge in [-0.2, -0.15) is 0 Å². The summed E-state index contributed by atoms with van der Waals surface area (Å²) < 4.78 is 5.37. The lowest BCUT2D eigenvalue weighted by atomic mass is 9.73. The van der Waals surface area contributed by atoms with E-state index in [9.17, 15) is 4.79 Å². The molecule has 2 unspecified atom stereocenters. The molecule has 2 fully saturated rings. The summed E-state index contributed by atoms with van der Waals surface area (Å²) in [6, 6.07) is 0.522. The third-order valence-electron chi connectivity index (χ3n) is 4.27. The Morgan fingerprint density at radius 2 is 2.21 bits per heavy atom. The number of morpholine rings is 1. The number of ether oxygens (including phenoxy) is 1. The molecule has 2 atom stereocenters. The first kappa shape index (κ1) is 16.7. The van der Waals surface area contributed by atoms with Crippen LogP contribution in [0.3, 0.4) is 0 Å². The van der Waals surface area contributed by atoms with Gasteiger partial charge in [0, 0.05) is 25.0 Å². The quantitative estimate of drug-likeness (QED) is 0.834. The number of nitrogens with one attached hydrogen (secondary N) is 2. The van der Waals surface area contributed by atoms with Crippen molar-refractivity contribution in [1.29, 1.82) is 0 Å². The van der Waals surface area contributed by atoms with Gasteiger partial charge in [0.25, 0.3) is 0 Å². The SMILES string of the molecule is CC1(C)CCCCC1NC(=O)CC1COCCN1.Cl. The first-order valence-electron chi connectivity index (χ1n) is 7.18. The van der Waals surface area contributed by atoms with E-state index >= 15 is 0 Å². The minimum atomic E-state index is 0. The number of rotatable bonds is 3. The highest BCUT2D eigenvalue weighted by Crippen LogP contribution is 2.35. The predicted octanol–water partition coefficient (Wildman–Crippen LogP) is 1.87. The average Bonchev–Trinajstić information content (AvgIpc) is 2.33. The van der Waals surface area contributed by atoms with Crippen LogP contribution in [0.2, 0.25) is 0 Å². The fourth-order valence-electron chi connectivity index (χ4n) is 2.99. The van der Waals surface area contributed by atoms with Gasteiger partial charge in [-0.25, -0.2) is 0 Å². The molecule has 1 aliphatic heterocycles. The second kappa shape index (κ2) is 7.46. The zero-order valence-electron chi connectivity index (χ0n) is 12.0. The summed E-state index contributed by atoms with van der Waals surface area (Å²) in [7, 11) is 0. The fourth-order valence-corrected chi connectivity index (χ4v) is 2.99. The summed E-state index contributed by atoms with van der Waals surface area (Å²) in [5, 5.41) is 6.54. The van der Waals surface area contributed by atoms with Crippen molar-refractivity contribution in [3.8, 4) is 0 Å². The van der Waals surface area contributed by atoms with Gasteiger partial charge in [0.2, 0.25) is 5.91 Å². The Hall–Kier alpha value is -0.320. The van der Waals surface area contributed by atoms with Crippen molar-refractivity contribution in [2.24, 2.45) is 5.41 Å². The van der Waals surface area contributed by atoms with E-state index in [1.54, 1.807) is 0 Å². The van der Waals surface area contributed by atoms with Crippen molar-refractivity contribution in [2.75, 3.05) is 19.8 Å². The first-order valence-corrected chi connectivity index (χ1v) is 7.18. The molecular weight excluding hydrogens is 264 g/mol. The molecule has 2 N–H and O–H groups in total. The van der Waals surface area contributed by atoms with Crippen molar-refractivity contribution in [2.45, 2.75) is 58.0 Å². The van der Waals surface area contributed by atoms with Crippen LogP contribution in [0.15, 0.2) is 0 Å². The zero-order valence-corrected chi connectivity index (χ0v) is 12.9. The molecule has 0 spiro atoms. The lowest BCUT2D eigenvalue weighted by molar-refractivity contribution is -0.124. The molecule has 5 heteroatoms. The minimum absolute atomic E-state index is 0. The summed E-state index contributed by atoms with van der Waals surface area (Å²) in [4.78, 5) is 12.1. The van der Waals surface area contributed by atoms with E-state index in [1.807, 2.05) is 0 Å². The Labute approximate surface area is 122 Å². The fraction of sp³-hybridized carbons (Fsp3) is 0.929. The Morgan fingerprint density at radius 3 is 2.84 bits per heavy atom. The molecule has 0 bridgehead atoms. The normalized spacial score (nSPS) is 30.2. The molecule has 0 aromatic carbocycles. The maximum atomic E-state index is 12.1. The average molecular weight is 291 g/mol. The Morgan fingerprint density at radius 1 is 1.42 bits per heavy atom. The van der Waals surface area contributed by atoms with Gasteiger partial charge in [-0.15, -0.1) is 12.4 Å². The van der Waals surface area contributed by atoms with E-state index in [1.165, 1.54) is 19.3 Å². The number of carbonyl (C=O) groups is 1. The summed E-state index contributed by atoms with van der Waals surface area (Å²) in [6.07, 6.45) is 5.39. The largest absolute Gasteiger partial charge is 0.378 e. The molecule has 112 valence electrons. The van der Waals surface area contributed by atoms with E-state index < -0.39 is 0 Å². The maximum absolute atomic E-state index is 12.1. The number of amides is 1. The van der Waals surface area contributed by atoms with Crippen LogP contribution >= 0.6 is 12.4 Å². The summed E-state index contributed by atoms with van der Waals surface area (Å²) in [5.74, 6) is 0.165. The Bertz CT molecular complexity index is 291. The number of carbonyl (C=O) groups excluding carboxylic acids is 1. The molecular formula is C14H27ClN2O2. The molecule has 1 saturated carbocycles. The lowest BCUT2D eigenvalue weighted by Gasteiger charge is -2.39. The van der Waals surface area contributed by atoms with Crippen molar-refractivity contribution in [1.82, 2.24) is 10.6 Å². The number of halogens is 1. The van der Waals surface area contributed by atoms with E-state index in [-0.39, 0.29) is 29.8 Å². The summed E-state index contributed by atoms with van der Waals surface area (Å²) in [5.41, 5.74) is 0.240. The van der Waals surface area contributed by atoms with E-state index in [0.717, 1.165) is 19.6 Å². The molecule has 1 aliphatic carbocycles. The highest BCUT2D eigenvalue weighted by Gasteiger charge is 2.33. The number of hydrogen-bond donors (Lipinski definition) is 2. The van der Waals surface area contributed by atoms with Gasteiger partial charge in [0.05, 0.1) is 13.2 Å². The molecule has 2 aliphatic rings. The van der Waals surface area contributed by atoms with Gasteiger partial charge in [-0.1, -0.05) is 26.7 Å². The predicted molar refractivity (Wildman–Crippen MR) is 78.7 cm³/mol. The molecule has 1 heterocycles. The molecule has 19 heavy (non-hydrogen) atoms. The van der Waals surface area contributed by atoms with Crippen LogP contribution in [0.5, 0.6) is 0 Å². The second-order valence-corrected chi connectivity index (χ2v) is 6.28. The third-order valence-corrected chi connectivity index (χ3v) is 4.27. The Balaban J connectivity index is 0.00000180. The second-order valence-electron chi connectivity index (χ2n) is 6.28. The monoisotopic (exact) mass is 290 g/mol. The van der Waals surface area contributed by atoms with Crippen LogP contribution in [0, 0.1) is 5.41 Å². The highest BCUT2D eigenvalue weighted by atomic mass is 35.5. The van der Waals surface area contributed by atoms with Crippen LogP contribution in [0.4, 0.5) is 0 Å². The van der Waals surface area contributed by atoms with Crippen molar-refractivity contribution in [3.63, 3.8) is 0 Å². The van der Waals surface area contributed by atoms with Crippen molar-refractivity contribution in [3.05, 3.63) is 0 Å². The van der Waals surface area contributed by atoms with Crippen LogP contribution in [0.1, 0.15) is 46.0 Å². The molecule has 0 radical (unpaired) electrons. The smallest absolute Gasteiger partial charge is 0.221 e. The maximum Gasteiger partial charge on any atom is 0.221 e. The highest BCUT2D eigenvalue weighted by molar-refractivity contribution is 5.85. The third kappa shape index (κ3) is 4.93. The van der Waals surface area contributed by atoms with Crippen LogP contribution < -0.4 is 10.6 Å². The van der Waals surface area contributed by atoms with Crippen LogP contribution in [-0.2, 0) is 9.53 Å². The summed E-state index contributed by atoms with van der Waals surface area (Å²) >= 11 is 0. The van der Waals surface area contributed by atoms with Crippen molar-refractivity contribution < 1.29 is 9.53 Å². The van der Waals surface area contributed by atoms with E-state index in [0.29, 0.717) is 19.1 Å². The van der Waals surface area contributed by atoms with Gasteiger partial charge >= 0.3 is 0 Å². The first-order chi connectivity index (χ1) is 8.58. The van der Waals surface area contributed by atoms with Gasteiger partial charge in [0.15, 0.2) is 0 Å². The molecule has 1 saturated heterocycles. The standard InChI is InChI=1S/C14H26N2O2.ClH/c1-14(2)6-4-3-5-12(14)16-13(17)9-11-10-18-8-7-15-11;/h11-12,15H,3-10H2,1-2H3,(H,16,17);1H. The van der Waals surface area contributed by atoms with Crippen LogP contribution in [0.25, 0.3) is 0 Å². The molecule has 0 aromatic rings. The zero-order chi connectivity index (χ0) is 13.0. The Kier molecular flexibility index (Phi) is 6.57. The van der Waals surface area contributed by atoms with Crippen molar-refractivity contribution >= 4 is 18.3 Å². The lowest BCUT2D eigenvalue weighted by Crippen LogP contribution is -2.50. The van der Waals surface area contributed by atoms with Gasteiger partial charge < -0.3 is 15.4 Å². The van der Waals surface area contributed by atoms with Crippen LogP contribution in [-0.4, -0.2) is 37.7 Å². The van der Waals surface area contributed by atoms with Gasteiger partial charge in [-0.05, 0) is 18.3 Å². The molecule has 1 amide bonds. The molecule has 4 nitrogen and oxygen atoms in total. The van der Waals surface area contributed by atoms with E-state index in [2.05, 4.69) is 24.5 Å². The molecule has 0 aromatic heterocycles. The van der Waals surface area contributed by atoms with E-state index in [4.69, 9.17) is 4.74 Å². The summed E-state index contributed by atoms with van der Waals surface area (Å²) in [6.45, 7) is 6.79. The van der Waals surface area contributed by atoms with Gasteiger partial charge in [0.1, 0.15) is 0 Å². The molecule has 2 rings (SSSR count). The number of hydrogen-bond acceptors (Lipinski definition) is 3.